The Morgan fingerprint density at radius 3 is 2.59 bits per heavy atom. The summed E-state index contributed by atoms with van der Waals surface area (Å²) in [5.74, 6) is 0.804. The highest BCUT2D eigenvalue weighted by Gasteiger charge is 2.14. The van der Waals surface area contributed by atoms with Gasteiger partial charge in [0, 0.05) is 30.0 Å². The Balaban J connectivity index is 1.37. The van der Waals surface area contributed by atoms with Crippen molar-refractivity contribution in [2.75, 3.05) is 19.8 Å². The van der Waals surface area contributed by atoms with Crippen molar-refractivity contribution in [1.82, 2.24) is 10.3 Å². The number of halogens is 1. The number of rotatable bonds is 6. The monoisotopic (exact) mass is 396 g/mol. The fourth-order valence-corrected chi connectivity index (χ4v) is 3.35. The second kappa shape index (κ2) is 8.34. The molecule has 1 aliphatic rings. The van der Waals surface area contributed by atoms with Gasteiger partial charge in [0.05, 0.1) is 5.52 Å². The van der Waals surface area contributed by atoms with Crippen molar-refractivity contribution in [3.8, 4) is 11.5 Å². The summed E-state index contributed by atoms with van der Waals surface area (Å²) in [7, 11) is 0. The van der Waals surface area contributed by atoms with Crippen LogP contribution in [0.5, 0.6) is 11.5 Å². The highest BCUT2D eigenvalue weighted by molar-refractivity contribution is 5.83. The van der Waals surface area contributed by atoms with Crippen LogP contribution < -0.4 is 20.3 Å². The van der Waals surface area contributed by atoms with Crippen LogP contribution in [0.4, 0.5) is 4.39 Å². The van der Waals surface area contributed by atoms with Crippen LogP contribution >= 0.6 is 0 Å². The van der Waals surface area contributed by atoms with E-state index in [9.17, 15) is 14.0 Å². The molecule has 3 aromatic rings. The molecule has 29 heavy (non-hydrogen) atoms. The third-order valence-electron chi connectivity index (χ3n) is 4.88. The second-order valence-electron chi connectivity index (χ2n) is 6.90. The molecule has 0 atom stereocenters. The minimum atomic E-state index is -0.277. The number of nitrogens with one attached hydrogen (secondary N) is 2. The number of aromatic amines is 1. The van der Waals surface area contributed by atoms with E-state index in [0.717, 1.165) is 5.39 Å². The van der Waals surface area contributed by atoms with Gasteiger partial charge in [0.2, 0.25) is 5.91 Å². The van der Waals surface area contributed by atoms with E-state index in [1.165, 1.54) is 6.07 Å². The molecule has 2 N–H and O–H groups in total. The molecule has 0 unspecified atom stereocenters. The molecule has 1 aliphatic heterocycles. The van der Waals surface area contributed by atoms with Crippen LogP contribution in [0.25, 0.3) is 10.9 Å². The van der Waals surface area contributed by atoms with Crippen LogP contribution in [0, 0.1) is 5.82 Å². The molecule has 0 radical (unpaired) electrons. The lowest BCUT2D eigenvalue weighted by Crippen LogP contribution is -2.27. The number of benzene rings is 2. The van der Waals surface area contributed by atoms with E-state index >= 15 is 0 Å². The molecule has 4 rings (SSSR count). The van der Waals surface area contributed by atoms with Gasteiger partial charge in [-0.2, -0.15) is 0 Å². The van der Waals surface area contributed by atoms with Gasteiger partial charge in [-0.15, -0.1) is 0 Å². The Morgan fingerprint density at radius 1 is 1.03 bits per heavy atom. The standard InChI is InChI=1S/C22H21FN2O4/c23-17-4-2-1-3-14(17)7-8-24-21(26)6-5-15-11-16-12-19-20(29-10-9-28-19)13-18(16)25-22(15)27/h1-4,11-13H,5-10H2,(H,24,26)(H,25,27). The first-order chi connectivity index (χ1) is 14.1. The Labute approximate surface area is 166 Å². The number of carbonyl (C=O) groups is 1. The molecule has 2 aromatic carbocycles. The van der Waals surface area contributed by atoms with E-state index in [4.69, 9.17) is 9.47 Å². The lowest BCUT2D eigenvalue weighted by molar-refractivity contribution is -0.121. The largest absolute Gasteiger partial charge is 0.486 e. The summed E-state index contributed by atoms with van der Waals surface area (Å²) < 4.78 is 24.7. The molecule has 0 saturated heterocycles. The number of hydrogen-bond donors (Lipinski definition) is 2. The van der Waals surface area contributed by atoms with E-state index in [2.05, 4.69) is 10.3 Å². The van der Waals surface area contributed by atoms with Crippen molar-refractivity contribution in [2.45, 2.75) is 19.3 Å². The van der Waals surface area contributed by atoms with Crippen molar-refractivity contribution in [3.63, 3.8) is 0 Å². The first-order valence-electron chi connectivity index (χ1n) is 9.56. The summed E-state index contributed by atoms with van der Waals surface area (Å²) in [6.45, 7) is 1.31. The molecule has 7 heteroatoms. The maximum Gasteiger partial charge on any atom is 0.251 e. The number of pyridine rings is 1. The quantitative estimate of drug-likeness (QED) is 0.671. The maximum absolute atomic E-state index is 13.6. The number of aryl methyl sites for hydroxylation is 1. The van der Waals surface area contributed by atoms with Gasteiger partial charge in [-0.3, -0.25) is 9.59 Å². The van der Waals surface area contributed by atoms with Crippen molar-refractivity contribution in [1.29, 1.82) is 0 Å². The summed E-state index contributed by atoms with van der Waals surface area (Å²) in [5, 5.41) is 3.59. The highest BCUT2D eigenvalue weighted by Crippen LogP contribution is 2.33. The molecule has 0 aliphatic carbocycles. The number of fused-ring (bicyclic) bond motifs is 2. The number of ether oxygens (including phenoxy) is 2. The SMILES string of the molecule is O=C(CCc1cc2cc3c(cc2[nH]c1=O)OCCO3)NCCc1ccccc1F. The predicted octanol–water partition coefficient (Wildman–Crippen LogP) is 2.73. The molecule has 0 saturated carbocycles. The summed E-state index contributed by atoms with van der Waals surface area (Å²) in [5.41, 5.74) is 1.53. The van der Waals surface area contributed by atoms with Gasteiger partial charge in [-0.05, 0) is 36.6 Å². The van der Waals surface area contributed by atoms with Crippen LogP contribution in [0.15, 0.2) is 47.3 Å². The molecular weight excluding hydrogens is 375 g/mol. The minimum Gasteiger partial charge on any atom is -0.486 e. The van der Waals surface area contributed by atoms with Gasteiger partial charge < -0.3 is 19.8 Å². The smallest absolute Gasteiger partial charge is 0.251 e. The zero-order chi connectivity index (χ0) is 20.2. The van der Waals surface area contributed by atoms with Crippen LogP contribution in [-0.4, -0.2) is 30.6 Å². The molecule has 150 valence electrons. The molecule has 1 aromatic heterocycles. The fourth-order valence-electron chi connectivity index (χ4n) is 3.35. The molecule has 6 nitrogen and oxygen atoms in total. The van der Waals surface area contributed by atoms with Crippen LogP contribution in [0.2, 0.25) is 0 Å². The fraction of sp³-hybridized carbons (Fsp3) is 0.273. The number of H-pyrrole nitrogens is 1. The third-order valence-corrected chi connectivity index (χ3v) is 4.88. The Hall–Kier alpha value is -3.35. The van der Waals surface area contributed by atoms with Gasteiger partial charge in [-0.1, -0.05) is 18.2 Å². The number of hydrogen-bond acceptors (Lipinski definition) is 4. The van der Waals surface area contributed by atoms with Gasteiger partial charge in [0.25, 0.3) is 5.56 Å². The summed E-state index contributed by atoms with van der Waals surface area (Å²) in [6, 6.07) is 11.9. The first-order valence-corrected chi connectivity index (χ1v) is 9.56. The van der Waals surface area contributed by atoms with E-state index in [0.29, 0.717) is 60.7 Å². The zero-order valence-corrected chi connectivity index (χ0v) is 15.8. The molecule has 2 heterocycles. The summed E-state index contributed by atoms with van der Waals surface area (Å²) >= 11 is 0. The zero-order valence-electron chi connectivity index (χ0n) is 15.8. The van der Waals surface area contributed by atoms with Crippen molar-refractivity contribution in [3.05, 3.63) is 69.8 Å². The van der Waals surface area contributed by atoms with Crippen LogP contribution in [-0.2, 0) is 17.6 Å². The van der Waals surface area contributed by atoms with E-state index in [1.54, 1.807) is 30.3 Å². The van der Waals surface area contributed by atoms with E-state index < -0.39 is 0 Å². The van der Waals surface area contributed by atoms with Crippen LogP contribution in [0.1, 0.15) is 17.5 Å². The summed E-state index contributed by atoms with van der Waals surface area (Å²) in [6.07, 6.45) is 0.907. The number of carbonyl (C=O) groups excluding carboxylic acids is 1. The predicted molar refractivity (Wildman–Crippen MR) is 107 cm³/mol. The summed E-state index contributed by atoms with van der Waals surface area (Å²) in [4.78, 5) is 27.3. The molecule has 0 bridgehead atoms. The maximum atomic E-state index is 13.6. The van der Waals surface area contributed by atoms with Gasteiger partial charge in [-0.25, -0.2) is 4.39 Å². The minimum absolute atomic E-state index is 0.177. The average molecular weight is 396 g/mol. The number of amides is 1. The Bertz CT molecular complexity index is 1110. The van der Waals surface area contributed by atoms with Gasteiger partial charge in [0.1, 0.15) is 19.0 Å². The van der Waals surface area contributed by atoms with E-state index in [-0.39, 0.29) is 23.7 Å². The number of aromatic nitrogens is 1. The lowest BCUT2D eigenvalue weighted by Gasteiger charge is -2.18. The van der Waals surface area contributed by atoms with Crippen molar-refractivity contribution < 1.29 is 18.7 Å². The topological polar surface area (TPSA) is 80.4 Å². The van der Waals surface area contributed by atoms with E-state index in [1.807, 2.05) is 6.07 Å². The molecule has 0 fully saturated rings. The molecule has 1 amide bonds. The van der Waals surface area contributed by atoms with Crippen molar-refractivity contribution in [2.24, 2.45) is 0 Å². The second-order valence-corrected chi connectivity index (χ2v) is 6.90. The Kier molecular flexibility index (Phi) is 5.46. The third kappa shape index (κ3) is 4.39. The van der Waals surface area contributed by atoms with Crippen molar-refractivity contribution >= 4 is 16.8 Å². The first kappa shape index (κ1) is 19.0. The average Bonchev–Trinajstić information content (AvgIpc) is 2.72. The highest BCUT2D eigenvalue weighted by atomic mass is 19.1. The normalized spacial score (nSPS) is 12.7. The molecule has 0 spiro atoms. The van der Waals surface area contributed by atoms with Gasteiger partial charge in [0.15, 0.2) is 11.5 Å². The molecular formula is C22H21FN2O4. The van der Waals surface area contributed by atoms with Crippen LogP contribution in [0.3, 0.4) is 0 Å². The lowest BCUT2D eigenvalue weighted by atomic mass is 10.1. The van der Waals surface area contributed by atoms with Gasteiger partial charge >= 0.3 is 0 Å². The Morgan fingerprint density at radius 2 is 1.79 bits per heavy atom.